The van der Waals surface area contributed by atoms with Crippen molar-refractivity contribution < 1.29 is 34.7 Å². The fraction of sp³-hybridized carbons (Fsp3) is 1.00. The summed E-state index contributed by atoms with van der Waals surface area (Å²) >= 11 is 0. The Kier molecular flexibility index (Phi) is 6.33. The van der Waals surface area contributed by atoms with E-state index < -0.39 is 0 Å². The van der Waals surface area contributed by atoms with Gasteiger partial charge in [-0.3, -0.25) is 0 Å². The van der Waals surface area contributed by atoms with E-state index in [1.165, 1.54) is 25.7 Å². The van der Waals surface area contributed by atoms with Gasteiger partial charge < -0.3 is 5.11 Å². The molecule has 0 atom stereocenters. The second-order valence-electron chi connectivity index (χ2n) is 2.61. The molecule has 0 heterocycles. The molecule has 0 spiro atoms. The van der Waals surface area contributed by atoms with Crippen LogP contribution in [0.25, 0.3) is 0 Å². The minimum absolute atomic E-state index is 0. The molecule has 2 heteroatoms. The first kappa shape index (κ1) is 9.96. The van der Waals surface area contributed by atoms with E-state index >= 15 is 0 Å². The topological polar surface area (TPSA) is 23.1 Å². The molecular weight excluding hydrogens is 123 g/mol. The molecule has 0 N–H and O–H groups in total. The third-order valence-electron chi connectivity index (χ3n) is 1.80. The molecule has 1 rings (SSSR count). The summed E-state index contributed by atoms with van der Waals surface area (Å²) in [4.78, 5) is 0. The molecule has 0 aromatic rings. The zero-order valence-electron chi connectivity index (χ0n) is 6.23. The predicted molar refractivity (Wildman–Crippen MR) is 31.5 cm³/mol. The summed E-state index contributed by atoms with van der Waals surface area (Å²) in [7, 11) is 0. The summed E-state index contributed by atoms with van der Waals surface area (Å²) in [6.07, 6.45) is 6.57. The van der Waals surface area contributed by atoms with Crippen LogP contribution in [0.2, 0.25) is 0 Å². The largest absolute Gasteiger partial charge is 1.00 e. The summed E-state index contributed by atoms with van der Waals surface area (Å²) in [6.45, 7) is 0. The van der Waals surface area contributed by atoms with E-state index in [9.17, 15) is 5.11 Å². The zero-order valence-corrected chi connectivity index (χ0v) is 8.23. The zero-order chi connectivity index (χ0) is 5.82. The maximum atomic E-state index is 10.8. The van der Waals surface area contributed by atoms with Gasteiger partial charge in [0.05, 0.1) is 0 Å². The van der Waals surface area contributed by atoms with Gasteiger partial charge in [-0.1, -0.05) is 38.5 Å². The van der Waals surface area contributed by atoms with Crippen LogP contribution in [0.3, 0.4) is 0 Å². The monoisotopic (exact) mass is 136 g/mol. The quantitative estimate of drug-likeness (QED) is 0.281. The van der Waals surface area contributed by atoms with Gasteiger partial charge in [0.25, 0.3) is 0 Å². The summed E-state index contributed by atoms with van der Waals surface area (Å²) in [5, 5.41) is 10.8. The molecule has 1 fully saturated rings. The van der Waals surface area contributed by atoms with Crippen LogP contribution >= 0.6 is 0 Å². The van der Waals surface area contributed by atoms with Crippen LogP contribution in [-0.4, -0.2) is 6.10 Å². The molecule has 9 heavy (non-hydrogen) atoms. The Balaban J connectivity index is 0.000000640. The summed E-state index contributed by atoms with van der Waals surface area (Å²) in [5.74, 6) is 0. The Morgan fingerprint density at radius 2 is 1.33 bits per heavy atom. The molecular formula is C7H13NaO. The van der Waals surface area contributed by atoms with Crippen molar-refractivity contribution in [3.8, 4) is 0 Å². The van der Waals surface area contributed by atoms with Gasteiger partial charge in [-0.15, -0.1) is 6.10 Å². The molecule has 0 amide bonds. The van der Waals surface area contributed by atoms with E-state index in [-0.39, 0.29) is 35.7 Å². The molecule has 1 aliphatic rings. The van der Waals surface area contributed by atoms with Crippen LogP contribution in [0.15, 0.2) is 0 Å². The van der Waals surface area contributed by atoms with Gasteiger partial charge in [-0.25, -0.2) is 0 Å². The molecule has 1 nitrogen and oxygen atoms in total. The molecule has 48 valence electrons. The summed E-state index contributed by atoms with van der Waals surface area (Å²) in [5.41, 5.74) is 0. The van der Waals surface area contributed by atoms with E-state index in [4.69, 9.17) is 0 Å². The molecule has 0 aromatic heterocycles. The molecule has 1 aliphatic carbocycles. The number of hydrogen-bond donors (Lipinski definition) is 0. The first-order chi connectivity index (χ1) is 3.89. The minimum Gasteiger partial charge on any atom is -0.852 e. The standard InChI is InChI=1S/C7H13O.Na/c8-7-5-3-1-2-4-6-7;/h7H,1-6H2;/q-1;+1. The molecule has 0 unspecified atom stereocenters. The third-order valence-corrected chi connectivity index (χ3v) is 1.80. The smallest absolute Gasteiger partial charge is 0.852 e. The van der Waals surface area contributed by atoms with Gasteiger partial charge in [0.1, 0.15) is 0 Å². The fourth-order valence-corrected chi connectivity index (χ4v) is 1.24. The normalized spacial score (nSPS) is 22.3. The van der Waals surface area contributed by atoms with Crippen LogP contribution < -0.4 is 34.7 Å². The summed E-state index contributed by atoms with van der Waals surface area (Å²) in [6, 6.07) is 0. The van der Waals surface area contributed by atoms with Gasteiger partial charge in [-0.2, -0.15) is 0 Å². The van der Waals surface area contributed by atoms with Crippen LogP contribution in [0.5, 0.6) is 0 Å². The fourth-order valence-electron chi connectivity index (χ4n) is 1.24. The van der Waals surface area contributed by atoms with Crippen molar-refractivity contribution in [2.45, 2.75) is 44.6 Å². The van der Waals surface area contributed by atoms with E-state index in [0.717, 1.165) is 12.8 Å². The molecule has 1 saturated carbocycles. The maximum Gasteiger partial charge on any atom is 1.00 e. The van der Waals surface area contributed by atoms with E-state index in [2.05, 4.69) is 0 Å². The molecule has 0 saturated heterocycles. The van der Waals surface area contributed by atoms with Crippen molar-refractivity contribution >= 4 is 0 Å². The SMILES string of the molecule is [Na+].[O-]C1CCCCCC1. The minimum atomic E-state index is -0.225. The first-order valence-electron chi connectivity index (χ1n) is 3.55. The molecule has 0 aliphatic heterocycles. The van der Waals surface area contributed by atoms with Gasteiger partial charge in [0.2, 0.25) is 0 Å². The van der Waals surface area contributed by atoms with E-state index in [1.54, 1.807) is 0 Å². The second kappa shape index (κ2) is 5.72. The van der Waals surface area contributed by atoms with Crippen molar-refractivity contribution in [1.82, 2.24) is 0 Å². The Hall–Kier alpha value is 0.960. The average molecular weight is 136 g/mol. The maximum absolute atomic E-state index is 10.8. The second-order valence-corrected chi connectivity index (χ2v) is 2.61. The van der Waals surface area contributed by atoms with Crippen LogP contribution in [-0.2, 0) is 0 Å². The van der Waals surface area contributed by atoms with Gasteiger partial charge in [0, 0.05) is 0 Å². The first-order valence-corrected chi connectivity index (χ1v) is 3.55. The van der Waals surface area contributed by atoms with Gasteiger partial charge in [0.15, 0.2) is 0 Å². The van der Waals surface area contributed by atoms with Crippen LogP contribution in [0, 0.1) is 0 Å². The van der Waals surface area contributed by atoms with Crippen LogP contribution in [0.4, 0.5) is 0 Å². The Bertz CT molecular complexity index is 57.9. The van der Waals surface area contributed by atoms with Crippen LogP contribution in [0.1, 0.15) is 38.5 Å². The van der Waals surface area contributed by atoms with Crippen molar-refractivity contribution in [2.24, 2.45) is 0 Å². The van der Waals surface area contributed by atoms with Crippen molar-refractivity contribution in [3.05, 3.63) is 0 Å². The van der Waals surface area contributed by atoms with E-state index in [1.807, 2.05) is 0 Å². The van der Waals surface area contributed by atoms with Gasteiger partial charge in [-0.05, 0) is 0 Å². The van der Waals surface area contributed by atoms with Crippen molar-refractivity contribution in [3.63, 3.8) is 0 Å². The Morgan fingerprint density at radius 1 is 0.889 bits per heavy atom. The molecule has 0 aromatic carbocycles. The molecule has 0 radical (unpaired) electrons. The third kappa shape index (κ3) is 4.38. The summed E-state index contributed by atoms with van der Waals surface area (Å²) < 4.78 is 0. The number of hydrogen-bond acceptors (Lipinski definition) is 1. The molecule has 0 bridgehead atoms. The van der Waals surface area contributed by atoms with Crippen molar-refractivity contribution in [2.75, 3.05) is 0 Å². The average Bonchev–Trinajstić information content (AvgIpc) is 1.94. The van der Waals surface area contributed by atoms with E-state index in [0.29, 0.717) is 0 Å². The predicted octanol–water partition coefficient (Wildman–Crippen LogP) is -1.93. The number of rotatable bonds is 0. The van der Waals surface area contributed by atoms with Crippen molar-refractivity contribution in [1.29, 1.82) is 0 Å². The van der Waals surface area contributed by atoms with Gasteiger partial charge >= 0.3 is 29.6 Å². The Labute approximate surface area is 79.1 Å². The Morgan fingerprint density at radius 3 is 1.78 bits per heavy atom.